The summed E-state index contributed by atoms with van der Waals surface area (Å²) < 4.78 is 5.02. The summed E-state index contributed by atoms with van der Waals surface area (Å²) in [5.74, 6) is -2.19. The van der Waals surface area contributed by atoms with E-state index in [1.165, 1.54) is 19.1 Å². The van der Waals surface area contributed by atoms with Gasteiger partial charge in [0.25, 0.3) is 0 Å². The van der Waals surface area contributed by atoms with Crippen LogP contribution in [0, 0.1) is 23.2 Å². The molecule has 5 rings (SSSR count). The van der Waals surface area contributed by atoms with Crippen molar-refractivity contribution in [3.8, 4) is 11.8 Å². The van der Waals surface area contributed by atoms with E-state index in [2.05, 4.69) is 6.07 Å². The molecule has 2 fully saturated rings. The van der Waals surface area contributed by atoms with Gasteiger partial charge in [-0.2, -0.15) is 5.26 Å². The molecule has 0 aliphatic carbocycles. The third kappa shape index (κ3) is 2.47. The minimum Gasteiger partial charge on any atom is -0.427 e. The van der Waals surface area contributed by atoms with E-state index in [1.54, 1.807) is 12.1 Å². The Morgan fingerprint density at radius 2 is 1.73 bits per heavy atom. The van der Waals surface area contributed by atoms with E-state index in [-0.39, 0.29) is 17.9 Å². The van der Waals surface area contributed by atoms with E-state index in [4.69, 9.17) is 4.74 Å². The number of amides is 2. The summed E-state index contributed by atoms with van der Waals surface area (Å²) in [6.45, 7) is 1.30. The van der Waals surface area contributed by atoms with Crippen molar-refractivity contribution in [3.63, 3.8) is 0 Å². The number of nitriles is 1. The maximum atomic E-state index is 13.4. The summed E-state index contributed by atoms with van der Waals surface area (Å²) in [6, 6.07) is 15.1. The van der Waals surface area contributed by atoms with E-state index >= 15 is 0 Å². The fourth-order valence-electron chi connectivity index (χ4n) is 4.79. The molecule has 0 N–H and O–H groups in total. The van der Waals surface area contributed by atoms with Crippen molar-refractivity contribution < 1.29 is 19.1 Å². The van der Waals surface area contributed by atoms with Crippen LogP contribution in [0.15, 0.2) is 54.7 Å². The molecule has 2 amide bonds. The molecule has 2 aromatic rings. The quantitative estimate of drug-likeness (QED) is 0.438. The van der Waals surface area contributed by atoms with Gasteiger partial charge in [0.05, 0.1) is 29.6 Å². The van der Waals surface area contributed by atoms with Crippen LogP contribution < -0.4 is 9.64 Å². The Morgan fingerprint density at radius 3 is 2.43 bits per heavy atom. The fraction of sp³-hybridized carbons (Fsp3) is 0.217. The molecule has 0 saturated carbocycles. The third-order valence-corrected chi connectivity index (χ3v) is 5.95. The number of fused-ring (bicyclic) bond motifs is 5. The molecule has 0 bridgehead atoms. The molecule has 3 heterocycles. The number of anilines is 1. The highest BCUT2D eigenvalue weighted by Crippen LogP contribution is 2.52. The monoisotopic (exact) mass is 399 g/mol. The van der Waals surface area contributed by atoms with Gasteiger partial charge in [0, 0.05) is 13.1 Å². The molecule has 2 aromatic carbocycles. The third-order valence-electron chi connectivity index (χ3n) is 5.95. The number of hydrogen-bond acceptors (Lipinski definition) is 6. The van der Waals surface area contributed by atoms with Crippen LogP contribution >= 0.6 is 0 Å². The van der Waals surface area contributed by atoms with Gasteiger partial charge in [-0.3, -0.25) is 14.4 Å². The summed E-state index contributed by atoms with van der Waals surface area (Å²) in [4.78, 5) is 40.9. The SMILES string of the molecule is CC(=O)Oc1ccc(N2C(=O)C3C(C2=O)C2c4ccccc4C=CN2C3C#N)cc1. The van der Waals surface area contributed by atoms with Crippen molar-refractivity contribution in [1.29, 1.82) is 5.26 Å². The zero-order chi connectivity index (χ0) is 21.0. The van der Waals surface area contributed by atoms with Gasteiger partial charge in [0.2, 0.25) is 11.8 Å². The van der Waals surface area contributed by atoms with E-state index in [9.17, 15) is 19.6 Å². The van der Waals surface area contributed by atoms with Gasteiger partial charge in [-0.1, -0.05) is 24.3 Å². The Morgan fingerprint density at radius 1 is 1.03 bits per heavy atom. The Balaban J connectivity index is 1.54. The highest BCUT2D eigenvalue weighted by Gasteiger charge is 2.63. The lowest BCUT2D eigenvalue weighted by atomic mass is 9.85. The van der Waals surface area contributed by atoms with Crippen LogP contribution in [-0.4, -0.2) is 28.7 Å². The lowest BCUT2D eigenvalue weighted by molar-refractivity contribution is -0.132. The van der Waals surface area contributed by atoms with E-state index in [0.717, 1.165) is 16.0 Å². The van der Waals surface area contributed by atoms with Gasteiger partial charge in [-0.15, -0.1) is 0 Å². The number of imide groups is 1. The summed E-state index contributed by atoms with van der Waals surface area (Å²) in [5.41, 5.74) is 2.33. The molecule has 0 aromatic heterocycles. The molecule has 148 valence electrons. The van der Waals surface area contributed by atoms with Crippen LogP contribution in [0.4, 0.5) is 5.69 Å². The number of ether oxygens (including phenoxy) is 1. The maximum absolute atomic E-state index is 13.4. The average Bonchev–Trinajstić information content (AvgIpc) is 3.21. The predicted octanol–water partition coefficient (Wildman–Crippen LogP) is 2.65. The van der Waals surface area contributed by atoms with Crippen molar-refractivity contribution in [2.24, 2.45) is 11.8 Å². The summed E-state index contributed by atoms with van der Waals surface area (Å²) >= 11 is 0. The second-order valence-electron chi connectivity index (χ2n) is 7.56. The normalized spacial score (nSPS) is 26.1. The smallest absolute Gasteiger partial charge is 0.308 e. The molecule has 4 unspecified atom stereocenters. The first kappa shape index (κ1) is 18.1. The Kier molecular flexibility index (Phi) is 3.97. The van der Waals surface area contributed by atoms with Gasteiger partial charge in [0.15, 0.2) is 0 Å². The fourth-order valence-corrected chi connectivity index (χ4v) is 4.79. The number of carbonyl (C=O) groups is 3. The predicted molar refractivity (Wildman–Crippen MR) is 107 cm³/mol. The Hall–Kier alpha value is -3.92. The zero-order valence-corrected chi connectivity index (χ0v) is 16.1. The maximum Gasteiger partial charge on any atom is 0.308 e. The van der Waals surface area contributed by atoms with Crippen LogP contribution in [0.25, 0.3) is 6.08 Å². The molecule has 0 radical (unpaired) electrons. The van der Waals surface area contributed by atoms with Gasteiger partial charge in [0.1, 0.15) is 11.8 Å². The van der Waals surface area contributed by atoms with Gasteiger partial charge < -0.3 is 9.64 Å². The molecule has 7 nitrogen and oxygen atoms in total. The summed E-state index contributed by atoms with van der Waals surface area (Å²) in [5, 5.41) is 9.83. The van der Waals surface area contributed by atoms with Crippen LogP contribution in [0.1, 0.15) is 24.1 Å². The second kappa shape index (κ2) is 6.56. The van der Waals surface area contributed by atoms with Crippen molar-refractivity contribution in [2.75, 3.05) is 4.90 Å². The van der Waals surface area contributed by atoms with Crippen molar-refractivity contribution in [2.45, 2.75) is 19.0 Å². The van der Waals surface area contributed by atoms with Crippen molar-refractivity contribution in [1.82, 2.24) is 4.90 Å². The summed E-state index contributed by atoms with van der Waals surface area (Å²) in [6.07, 6.45) is 3.73. The zero-order valence-electron chi connectivity index (χ0n) is 16.1. The number of esters is 1. The first-order chi connectivity index (χ1) is 14.5. The van der Waals surface area contributed by atoms with Crippen molar-refractivity contribution in [3.05, 3.63) is 65.9 Å². The Labute approximate surface area is 172 Å². The first-order valence-electron chi connectivity index (χ1n) is 9.62. The standard InChI is InChI=1S/C23H17N3O4/c1-13(27)30-16-8-6-15(7-9-16)26-22(28)19-18(12-24)25-11-10-14-4-2-3-5-17(14)21(25)20(19)23(26)29/h2-11,18-21H,1H3. The number of hydrogen-bond donors (Lipinski definition) is 0. The molecular formula is C23H17N3O4. The van der Waals surface area contributed by atoms with Crippen LogP contribution in [0.3, 0.4) is 0 Å². The minimum absolute atomic E-state index is 0.317. The minimum atomic E-state index is -0.739. The number of rotatable bonds is 2. The topological polar surface area (TPSA) is 90.7 Å². The van der Waals surface area contributed by atoms with Crippen molar-refractivity contribution >= 4 is 29.5 Å². The first-order valence-corrected chi connectivity index (χ1v) is 9.62. The van der Waals surface area contributed by atoms with Gasteiger partial charge in [-0.05, 0) is 41.5 Å². The lowest BCUT2D eigenvalue weighted by Gasteiger charge is -2.33. The van der Waals surface area contributed by atoms with Gasteiger partial charge >= 0.3 is 5.97 Å². The number of benzene rings is 2. The molecule has 7 heteroatoms. The van der Waals surface area contributed by atoms with Crippen LogP contribution in [0.5, 0.6) is 5.75 Å². The molecule has 3 aliphatic rings. The molecule has 3 aliphatic heterocycles. The molecule has 30 heavy (non-hydrogen) atoms. The largest absolute Gasteiger partial charge is 0.427 e. The van der Waals surface area contributed by atoms with Crippen LogP contribution in [0.2, 0.25) is 0 Å². The van der Waals surface area contributed by atoms with Gasteiger partial charge in [-0.25, -0.2) is 4.90 Å². The molecule has 0 spiro atoms. The number of carbonyl (C=O) groups excluding carboxylic acids is 3. The highest BCUT2D eigenvalue weighted by atomic mass is 16.5. The highest BCUT2D eigenvalue weighted by molar-refractivity contribution is 6.23. The molecular weight excluding hydrogens is 382 g/mol. The molecule has 2 saturated heterocycles. The van der Waals surface area contributed by atoms with E-state index < -0.39 is 23.8 Å². The average molecular weight is 399 g/mol. The van der Waals surface area contributed by atoms with E-state index in [0.29, 0.717) is 11.4 Å². The second-order valence-corrected chi connectivity index (χ2v) is 7.56. The van der Waals surface area contributed by atoms with Crippen LogP contribution in [-0.2, 0) is 14.4 Å². The lowest BCUT2D eigenvalue weighted by Crippen LogP contribution is -2.40. The van der Waals surface area contributed by atoms with E-state index in [1.807, 2.05) is 41.4 Å². The Bertz CT molecular complexity index is 1150. The number of nitrogens with zero attached hydrogens (tertiary/aromatic N) is 3. The molecule has 4 atom stereocenters. The summed E-state index contributed by atoms with van der Waals surface area (Å²) in [7, 11) is 0.